The van der Waals surface area contributed by atoms with Gasteiger partial charge in [-0.3, -0.25) is 0 Å². The van der Waals surface area contributed by atoms with Crippen LogP contribution in [0.2, 0.25) is 0 Å². The Bertz CT molecular complexity index is 583. The molecule has 0 saturated carbocycles. The van der Waals surface area contributed by atoms with E-state index in [1.54, 1.807) is 0 Å². The number of ether oxygens (including phenoxy) is 1. The van der Waals surface area contributed by atoms with Crippen LogP contribution in [-0.2, 0) is 11.2 Å². The SMILES string of the molecule is CCOCCc1ccc2c(c1)Sc1ccccc1N2. The summed E-state index contributed by atoms with van der Waals surface area (Å²) in [5.41, 5.74) is 3.73. The van der Waals surface area contributed by atoms with Gasteiger partial charge in [-0.05, 0) is 43.2 Å². The Morgan fingerprint density at radius 3 is 2.79 bits per heavy atom. The molecule has 0 atom stereocenters. The van der Waals surface area contributed by atoms with Crippen LogP contribution in [0, 0.1) is 0 Å². The molecule has 0 spiro atoms. The lowest BCUT2D eigenvalue weighted by atomic mass is 10.1. The van der Waals surface area contributed by atoms with Crippen molar-refractivity contribution >= 4 is 23.1 Å². The maximum Gasteiger partial charge on any atom is 0.0526 e. The molecule has 0 amide bonds. The Kier molecular flexibility index (Phi) is 3.76. The zero-order chi connectivity index (χ0) is 13.1. The van der Waals surface area contributed by atoms with Crippen LogP contribution in [0.3, 0.4) is 0 Å². The van der Waals surface area contributed by atoms with Gasteiger partial charge < -0.3 is 10.1 Å². The number of benzene rings is 2. The van der Waals surface area contributed by atoms with E-state index < -0.39 is 0 Å². The molecule has 0 unspecified atom stereocenters. The fourth-order valence-electron chi connectivity index (χ4n) is 2.17. The highest BCUT2D eigenvalue weighted by atomic mass is 32.2. The molecule has 1 aliphatic rings. The quantitative estimate of drug-likeness (QED) is 0.707. The van der Waals surface area contributed by atoms with E-state index in [-0.39, 0.29) is 0 Å². The lowest BCUT2D eigenvalue weighted by molar-refractivity contribution is 0.151. The van der Waals surface area contributed by atoms with Crippen LogP contribution >= 0.6 is 11.8 Å². The summed E-state index contributed by atoms with van der Waals surface area (Å²) in [7, 11) is 0. The van der Waals surface area contributed by atoms with Crippen LogP contribution < -0.4 is 5.32 Å². The Labute approximate surface area is 118 Å². The van der Waals surface area contributed by atoms with E-state index in [4.69, 9.17) is 4.74 Å². The lowest BCUT2D eigenvalue weighted by Gasteiger charge is -2.21. The van der Waals surface area contributed by atoms with Gasteiger partial charge in [-0.1, -0.05) is 30.0 Å². The highest BCUT2D eigenvalue weighted by Crippen LogP contribution is 2.44. The van der Waals surface area contributed by atoms with Gasteiger partial charge >= 0.3 is 0 Å². The molecule has 98 valence electrons. The number of para-hydroxylation sites is 1. The predicted octanol–water partition coefficient (Wildman–Crippen LogP) is 4.47. The lowest BCUT2D eigenvalue weighted by Crippen LogP contribution is -2.02. The smallest absolute Gasteiger partial charge is 0.0526 e. The van der Waals surface area contributed by atoms with E-state index in [9.17, 15) is 0 Å². The second-order valence-corrected chi connectivity index (χ2v) is 5.58. The zero-order valence-electron chi connectivity index (χ0n) is 11.0. The Balaban J connectivity index is 1.80. The maximum atomic E-state index is 5.42. The minimum atomic E-state index is 0.786. The fraction of sp³-hybridized carbons (Fsp3) is 0.250. The summed E-state index contributed by atoms with van der Waals surface area (Å²) >= 11 is 1.83. The van der Waals surface area contributed by atoms with Crippen molar-refractivity contribution in [1.82, 2.24) is 0 Å². The first-order valence-electron chi connectivity index (χ1n) is 6.61. The molecule has 0 aliphatic carbocycles. The first-order chi connectivity index (χ1) is 9.36. The number of anilines is 2. The summed E-state index contributed by atoms with van der Waals surface area (Å²) in [5, 5.41) is 3.48. The maximum absolute atomic E-state index is 5.42. The van der Waals surface area contributed by atoms with Crippen molar-refractivity contribution in [2.24, 2.45) is 0 Å². The summed E-state index contributed by atoms with van der Waals surface area (Å²) in [4.78, 5) is 2.59. The number of hydrogen-bond acceptors (Lipinski definition) is 3. The van der Waals surface area contributed by atoms with Gasteiger partial charge in [-0.15, -0.1) is 0 Å². The molecular weight excluding hydrogens is 254 g/mol. The number of nitrogens with one attached hydrogen (secondary N) is 1. The van der Waals surface area contributed by atoms with Crippen molar-refractivity contribution < 1.29 is 4.74 Å². The molecule has 0 aromatic heterocycles. The molecule has 1 heterocycles. The van der Waals surface area contributed by atoms with E-state index in [1.807, 2.05) is 18.7 Å². The summed E-state index contributed by atoms with van der Waals surface area (Å²) in [6.45, 7) is 3.61. The molecule has 3 heteroatoms. The van der Waals surface area contributed by atoms with Gasteiger partial charge in [0.1, 0.15) is 0 Å². The van der Waals surface area contributed by atoms with Crippen molar-refractivity contribution in [3.8, 4) is 0 Å². The van der Waals surface area contributed by atoms with Crippen molar-refractivity contribution in [1.29, 1.82) is 0 Å². The van der Waals surface area contributed by atoms with Crippen LogP contribution in [0.25, 0.3) is 0 Å². The molecule has 2 aromatic rings. The standard InChI is InChI=1S/C16H17NOS/c1-2-18-10-9-12-7-8-14-16(11-12)19-15-6-4-3-5-13(15)17-14/h3-8,11,17H,2,9-10H2,1H3. The van der Waals surface area contributed by atoms with Gasteiger partial charge in [-0.2, -0.15) is 0 Å². The number of fused-ring (bicyclic) bond motifs is 2. The topological polar surface area (TPSA) is 21.3 Å². The minimum absolute atomic E-state index is 0.786. The highest BCUT2D eigenvalue weighted by molar-refractivity contribution is 7.99. The van der Waals surface area contributed by atoms with Crippen molar-refractivity contribution in [2.75, 3.05) is 18.5 Å². The van der Waals surface area contributed by atoms with E-state index in [1.165, 1.54) is 26.7 Å². The fourth-order valence-corrected chi connectivity index (χ4v) is 3.22. The molecule has 0 bridgehead atoms. The van der Waals surface area contributed by atoms with Crippen LogP contribution in [0.4, 0.5) is 11.4 Å². The normalized spacial score (nSPS) is 12.5. The average molecular weight is 271 g/mol. The molecule has 2 nitrogen and oxygen atoms in total. The van der Waals surface area contributed by atoms with E-state index in [0.717, 1.165) is 19.6 Å². The first kappa shape index (κ1) is 12.6. The Morgan fingerprint density at radius 2 is 1.89 bits per heavy atom. The van der Waals surface area contributed by atoms with Gasteiger partial charge in [0.25, 0.3) is 0 Å². The zero-order valence-corrected chi connectivity index (χ0v) is 11.8. The number of rotatable bonds is 4. The third-order valence-electron chi connectivity index (χ3n) is 3.16. The van der Waals surface area contributed by atoms with Crippen LogP contribution in [-0.4, -0.2) is 13.2 Å². The molecule has 2 aromatic carbocycles. The van der Waals surface area contributed by atoms with Crippen molar-refractivity contribution in [3.05, 3.63) is 48.0 Å². The van der Waals surface area contributed by atoms with Gasteiger partial charge in [0.15, 0.2) is 0 Å². The molecule has 19 heavy (non-hydrogen) atoms. The molecular formula is C16H17NOS. The first-order valence-corrected chi connectivity index (χ1v) is 7.43. The Morgan fingerprint density at radius 1 is 1.05 bits per heavy atom. The average Bonchev–Trinajstić information content (AvgIpc) is 2.45. The third-order valence-corrected chi connectivity index (χ3v) is 4.30. The van der Waals surface area contributed by atoms with E-state index >= 15 is 0 Å². The third kappa shape index (κ3) is 2.77. The molecule has 1 aliphatic heterocycles. The summed E-state index contributed by atoms with van der Waals surface area (Å²) < 4.78 is 5.42. The molecule has 0 saturated heterocycles. The van der Waals surface area contributed by atoms with Gasteiger partial charge in [0.2, 0.25) is 0 Å². The van der Waals surface area contributed by atoms with Gasteiger partial charge in [0, 0.05) is 16.4 Å². The molecule has 0 fully saturated rings. The summed E-state index contributed by atoms with van der Waals surface area (Å²) in [5.74, 6) is 0. The molecule has 3 rings (SSSR count). The number of hydrogen-bond donors (Lipinski definition) is 1. The second kappa shape index (κ2) is 5.68. The van der Waals surface area contributed by atoms with Gasteiger partial charge in [-0.25, -0.2) is 0 Å². The Hall–Kier alpha value is -1.45. The second-order valence-electron chi connectivity index (χ2n) is 4.50. The van der Waals surface area contributed by atoms with Crippen LogP contribution in [0.5, 0.6) is 0 Å². The molecule has 1 N–H and O–H groups in total. The summed E-state index contributed by atoms with van der Waals surface area (Å²) in [6.07, 6.45) is 0.976. The van der Waals surface area contributed by atoms with E-state index in [2.05, 4.69) is 47.8 Å². The minimum Gasteiger partial charge on any atom is -0.381 e. The molecule has 0 radical (unpaired) electrons. The van der Waals surface area contributed by atoms with E-state index in [0.29, 0.717) is 0 Å². The predicted molar refractivity (Wildman–Crippen MR) is 80.5 cm³/mol. The highest BCUT2D eigenvalue weighted by Gasteiger charge is 2.15. The van der Waals surface area contributed by atoms with Crippen molar-refractivity contribution in [3.63, 3.8) is 0 Å². The van der Waals surface area contributed by atoms with Crippen molar-refractivity contribution in [2.45, 2.75) is 23.1 Å². The summed E-state index contributed by atoms with van der Waals surface area (Å²) in [6, 6.07) is 15.0. The van der Waals surface area contributed by atoms with Crippen LogP contribution in [0.1, 0.15) is 12.5 Å². The largest absolute Gasteiger partial charge is 0.381 e. The monoisotopic (exact) mass is 271 g/mol. The van der Waals surface area contributed by atoms with Crippen LogP contribution in [0.15, 0.2) is 52.3 Å². The van der Waals surface area contributed by atoms with Gasteiger partial charge in [0.05, 0.1) is 18.0 Å².